The van der Waals surface area contributed by atoms with E-state index in [-0.39, 0.29) is 46.0 Å². The molecule has 3 aliphatic heterocycles. The van der Waals surface area contributed by atoms with Crippen molar-refractivity contribution in [3.05, 3.63) is 237 Å². The predicted octanol–water partition coefficient (Wildman–Crippen LogP) is 14.2. The fourth-order valence-electron chi connectivity index (χ4n) is 12.9. The van der Waals surface area contributed by atoms with Gasteiger partial charge in [0.1, 0.15) is 17.6 Å². The summed E-state index contributed by atoms with van der Waals surface area (Å²) in [6, 6.07) is 46.8. The van der Waals surface area contributed by atoms with Gasteiger partial charge in [-0.25, -0.2) is 14.4 Å². The highest BCUT2D eigenvalue weighted by Gasteiger charge is 2.46. The van der Waals surface area contributed by atoms with E-state index in [9.17, 15) is 29.7 Å². The molecule has 1 aliphatic carbocycles. The third-order valence-electron chi connectivity index (χ3n) is 18.2. The number of hydrogen-bond acceptors (Lipinski definition) is 13. The second-order valence-corrected chi connectivity index (χ2v) is 23.5. The maximum Gasteiger partial charge on any atom is 0.338 e. The summed E-state index contributed by atoms with van der Waals surface area (Å²) < 4.78 is 18.8. The molecule has 1 fully saturated rings. The molecule has 6 N–H and O–H groups in total. The van der Waals surface area contributed by atoms with Gasteiger partial charge in [0, 0.05) is 84.7 Å². The Morgan fingerprint density at radius 2 is 1.26 bits per heavy atom. The third kappa shape index (κ3) is 11.3. The topological polar surface area (TPSA) is 218 Å². The second kappa shape index (κ2) is 24.0. The molecule has 0 radical (unpaired) electrons. The molecule has 9 aromatic rings. The largest absolute Gasteiger partial charge is 0.493 e. The molecule has 0 bridgehead atoms. The Morgan fingerprint density at radius 3 is 2.00 bits per heavy atom. The number of carboxylic acids is 3. The maximum atomic E-state index is 13.2. The lowest BCUT2D eigenvalue weighted by Crippen LogP contribution is -2.22. The van der Waals surface area contributed by atoms with Crippen molar-refractivity contribution in [1.29, 1.82) is 0 Å². The van der Waals surface area contributed by atoms with Gasteiger partial charge in [-0.3, -0.25) is 15.0 Å². The molecule has 0 amide bonds. The fraction of sp³-hybridized carbons (Fsp3) is 0.250. The van der Waals surface area contributed by atoms with Gasteiger partial charge in [-0.15, -0.1) is 0 Å². The minimum absolute atomic E-state index is 0.0268. The summed E-state index contributed by atoms with van der Waals surface area (Å²) in [6.07, 6.45) is 10.9. The molecule has 16 heteroatoms. The Balaban J connectivity index is 0.666. The molecule has 4 atom stereocenters. The minimum Gasteiger partial charge on any atom is -0.493 e. The van der Waals surface area contributed by atoms with Crippen LogP contribution < -0.4 is 30.3 Å². The SMILES string of the molecule is Cc1ccc(N(C)c2ccc3c(c2)CO[C@@H]3CNc2cncc(-c3cccc(C4(c5ccc6c(c5)OCC[C@H]6CNc5cnc(-c6cccc(C(C)c7ccc8c(c7)OCC[C@H]8CNc7cnccc7C(=O)O)c6)cc5C(=O)O)CC4)c3)c2C(=O)O)cc1. The molecule has 88 heavy (non-hydrogen) atoms. The zero-order chi connectivity index (χ0) is 60.6. The van der Waals surface area contributed by atoms with Gasteiger partial charge >= 0.3 is 17.9 Å². The molecular weight excluding hydrogens is 1110 g/mol. The van der Waals surface area contributed by atoms with E-state index >= 15 is 0 Å². The van der Waals surface area contributed by atoms with Crippen molar-refractivity contribution < 1.29 is 43.9 Å². The number of nitrogens with zero attached hydrogens (tertiary/aromatic N) is 4. The third-order valence-corrected chi connectivity index (χ3v) is 18.2. The average molecular weight is 1170 g/mol. The number of anilines is 5. The Labute approximate surface area is 510 Å². The van der Waals surface area contributed by atoms with Crippen LogP contribution in [0.1, 0.15) is 138 Å². The molecule has 4 aliphatic rings. The van der Waals surface area contributed by atoms with Gasteiger partial charge in [0.05, 0.1) is 77.9 Å². The van der Waals surface area contributed by atoms with Crippen LogP contribution in [0.3, 0.4) is 0 Å². The van der Waals surface area contributed by atoms with Crippen LogP contribution in [0.4, 0.5) is 28.4 Å². The van der Waals surface area contributed by atoms with Crippen LogP contribution in [0, 0.1) is 6.92 Å². The van der Waals surface area contributed by atoms with Gasteiger partial charge in [0.15, 0.2) is 0 Å². The summed E-state index contributed by atoms with van der Waals surface area (Å²) in [5.74, 6) is -1.40. The monoisotopic (exact) mass is 1170 g/mol. The lowest BCUT2D eigenvalue weighted by atomic mass is 9.83. The molecular formula is C72H67N7O9. The van der Waals surface area contributed by atoms with E-state index in [0.717, 1.165) is 104 Å². The summed E-state index contributed by atoms with van der Waals surface area (Å²) in [5, 5.41) is 41.1. The standard InChI is InChI=1S/C72H67N7O9/c1-42-10-14-53(15-11-42)79(3)54-16-19-57-50(30-54)41-88-67(57)40-78-64-38-74-36-60(68(64)71(84)85)46-7-5-9-51(29-46)72(23-24-72)52-13-18-56-49(22-27-87-66(56)32-52)35-76-63-39-77-61(33-59(63)70(82)83)47-8-4-6-44(28-47)43(2)45-12-17-55-48(21-26-86-65(55)31-45)34-75-62-37-73-25-20-58(62)69(80)81/h4-20,25,28-33,36-39,43,48-49,67,75-76,78H,21-24,26-27,34-35,40-41H2,1-3H3,(H,80,81)(H,82,83)(H,84,85)/t43?,48-,49-,67+/m0/s1. The summed E-state index contributed by atoms with van der Waals surface area (Å²) >= 11 is 0. The van der Waals surface area contributed by atoms with Crippen molar-refractivity contribution in [3.8, 4) is 33.9 Å². The van der Waals surface area contributed by atoms with E-state index < -0.39 is 17.9 Å². The number of aryl methyl sites for hydroxylation is 1. The van der Waals surface area contributed by atoms with E-state index in [0.29, 0.717) is 67.8 Å². The molecule has 0 saturated heterocycles. The first-order valence-electron chi connectivity index (χ1n) is 29.9. The van der Waals surface area contributed by atoms with Crippen molar-refractivity contribution in [2.24, 2.45) is 0 Å². The summed E-state index contributed by atoms with van der Waals surface area (Å²) in [6.45, 7) is 7.08. The number of carbonyl (C=O) groups is 3. The van der Waals surface area contributed by atoms with Crippen molar-refractivity contribution in [1.82, 2.24) is 15.0 Å². The van der Waals surface area contributed by atoms with Gasteiger partial charge in [0.2, 0.25) is 0 Å². The van der Waals surface area contributed by atoms with Crippen LogP contribution >= 0.6 is 0 Å². The van der Waals surface area contributed by atoms with Gasteiger partial charge in [0.25, 0.3) is 0 Å². The van der Waals surface area contributed by atoms with Crippen LogP contribution in [0.25, 0.3) is 22.4 Å². The highest BCUT2D eigenvalue weighted by atomic mass is 16.5. The number of carboxylic acid groups (broad SMARTS) is 3. The molecule has 1 unspecified atom stereocenters. The first-order chi connectivity index (χ1) is 42.8. The predicted molar refractivity (Wildman–Crippen MR) is 339 cm³/mol. The Kier molecular flexibility index (Phi) is 15.6. The molecule has 6 heterocycles. The van der Waals surface area contributed by atoms with Crippen LogP contribution in [0.15, 0.2) is 171 Å². The van der Waals surface area contributed by atoms with Crippen molar-refractivity contribution in [2.75, 3.05) is 60.7 Å². The quantitative estimate of drug-likeness (QED) is 0.0418. The van der Waals surface area contributed by atoms with Crippen LogP contribution in [-0.4, -0.2) is 88.1 Å². The molecule has 3 aromatic heterocycles. The number of pyridine rings is 3. The first kappa shape index (κ1) is 57.0. The number of hydrogen-bond donors (Lipinski definition) is 6. The lowest BCUT2D eigenvalue weighted by Gasteiger charge is -2.28. The number of benzene rings is 6. The van der Waals surface area contributed by atoms with Crippen molar-refractivity contribution in [3.63, 3.8) is 0 Å². The zero-order valence-electron chi connectivity index (χ0n) is 49.1. The average Bonchev–Trinajstić information content (AvgIpc) is 2.62. The first-order valence-corrected chi connectivity index (χ1v) is 29.9. The van der Waals surface area contributed by atoms with E-state index in [1.165, 1.54) is 24.0 Å². The number of aromatic nitrogens is 3. The molecule has 13 rings (SSSR count). The molecule has 444 valence electrons. The number of ether oxygens (including phenoxy) is 3. The van der Waals surface area contributed by atoms with Gasteiger partial charge in [-0.2, -0.15) is 0 Å². The second-order valence-electron chi connectivity index (χ2n) is 23.5. The summed E-state index contributed by atoms with van der Waals surface area (Å²) in [4.78, 5) is 53.5. The van der Waals surface area contributed by atoms with Gasteiger partial charge in [-0.1, -0.05) is 97.4 Å². The summed E-state index contributed by atoms with van der Waals surface area (Å²) in [7, 11) is 2.05. The lowest BCUT2D eigenvalue weighted by molar-refractivity contribution is 0.0686. The maximum absolute atomic E-state index is 13.2. The zero-order valence-corrected chi connectivity index (χ0v) is 49.1. The van der Waals surface area contributed by atoms with Crippen LogP contribution in [0.2, 0.25) is 0 Å². The van der Waals surface area contributed by atoms with Crippen LogP contribution in [0.5, 0.6) is 11.5 Å². The highest BCUT2D eigenvalue weighted by Crippen LogP contribution is 2.55. The number of nitrogens with one attached hydrogen (secondary N) is 3. The van der Waals surface area contributed by atoms with E-state index in [1.54, 1.807) is 24.7 Å². The fourth-order valence-corrected chi connectivity index (χ4v) is 12.9. The minimum atomic E-state index is -1.06. The Morgan fingerprint density at radius 1 is 0.614 bits per heavy atom. The Hall–Kier alpha value is -10.1. The number of aromatic carboxylic acids is 3. The normalized spacial score (nSPS) is 17.2. The van der Waals surface area contributed by atoms with Crippen molar-refractivity contribution >= 4 is 46.3 Å². The van der Waals surface area contributed by atoms with E-state index in [2.05, 4.69) is 155 Å². The molecule has 6 aromatic carbocycles. The molecule has 0 spiro atoms. The number of rotatable bonds is 20. The smallest absolute Gasteiger partial charge is 0.338 e. The van der Waals surface area contributed by atoms with E-state index in [1.807, 2.05) is 24.3 Å². The van der Waals surface area contributed by atoms with Crippen molar-refractivity contribution in [2.45, 2.75) is 75.4 Å². The van der Waals surface area contributed by atoms with E-state index in [4.69, 9.17) is 19.2 Å². The highest BCUT2D eigenvalue weighted by molar-refractivity contribution is 6.01. The van der Waals surface area contributed by atoms with Crippen LogP contribution in [-0.2, 0) is 16.8 Å². The van der Waals surface area contributed by atoms with Gasteiger partial charge < -0.3 is 50.4 Å². The summed E-state index contributed by atoms with van der Waals surface area (Å²) in [5.41, 5.74) is 16.1. The number of fused-ring (bicyclic) bond motifs is 3. The molecule has 16 nitrogen and oxygen atoms in total. The molecule has 1 saturated carbocycles. The van der Waals surface area contributed by atoms with Gasteiger partial charge in [-0.05, 0) is 137 Å². The Bertz CT molecular complexity index is 4170.